The van der Waals surface area contributed by atoms with E-state index in [1.54, 1.807) is 4.90 Å². The average molecular weight is 689 g/mol. The van der Waals surface area contributed by atoms with Crippen LogP contribution in [-0.4, -0.2) is 84.8 Å². The molecule has 1 aliphatic carbocycles. The minimum Gasteiger partial charge on any atom is -0.477 e. The Morgan fingerprint density at radius 3 is 2.20 bits per heavy atom. The molecule has 0 bridgehead atoms. The van der Waals surface area contributed by atoms with Gasteiger partial charge in [-0.25, -0.2) is 4.79 Å². The van der Waals surface area contributed by atoms with Gasteiger partial charge in [0.2, 0.25) is 17.6 Å². The van der Waals surface area contributed by atoms with E-state index < -0.39 is 53.2 Å². The highest BCUT2D eigenvalue weighted by atomic mass is 16.5. The van der Waals surface area contributed by atoms with Gasteiger partial charge in [0, 0.05) is 19.6 Å². The maximum absolute atomic E-state index is 14.7. The Labute approximate surface area is 294 Å². The molecule has 2 aliphatic rings. The van der Waals surface area contributed by atoms with Crippen molar-refractivity contribution in [2.24, 2.45) is 22.7 Å². The number of urea groups is 1. The van der Waals surface area contributed by atoms with Crippen molar-refractivity contribution in [3.8, 4) is 0 Å². The van der Waals surface area contributed by atoms with E-state index in [-0.39, 0.29) is 42.7 Å². The number of amides is 5. The Kier molecular flexibility index (Phi) is 16.1. The predicted molar refractivity (Wildman–Crippen MR) is 192 cm³/mol. The largest absolute Gasteiger partial charge is 0.477 e. The van der Waals surface area contributed by atoms with Gasteiger partial charge in [0.1, 0.15) is 18.7 Å². The van der Waals surface area contributed by atoms with Gasteiger partial charge < -0.3 is 36.2 Å². The summed E-state index contributed by atoms with van der Waals surface area (Å²) in [5.41, 5.74) is -0.892. The lowest BCUT2D eigenvalue weighted by Crippen LogP contribution is -2.63. The smallest absolute Gasteiger partial charge is 0.315 e. The van der Waals surface area contributed by atoms with Gasteiger partial charge >= 0.3 is 6.03 Å². The van der Waals surface area contributed by atoms with Crippen molar-refractivity contribution >= 4 is 29.5 Å². The van der Waals surface area contributed by atoms with Gasteiger partial charge in [-0.15, -0.1) is 6.58 Å². The molecule has 0 radical (unpaired) electrons. The van der Waals surface area contributed by atoms with E-state index in [1.165, 1.54) is 6.08 Å². The van der Waals surface area contributed by atoms with Crippen LogP contribution in [0.5, 0.6) is 0 Å². The second-order valence-electron chi connectivity index (χ2n) is 15.3. The molecule has 2 fully saturated rings. The molecule has 12 heteroatoms. The van der Waals surface area contributed by atoms with Crippen molar-refractivity contribution in [2.75, 3.05) is 26.2 Å². The predicted octanol–water partition coefficient (Wildman–Crippen LogP) is 4.17. The summed E-state index contributed by atoms with van der Waals surface area (Å²) < 4.78 is 5.80. The van der Waals surface area contributed by atoms with E-state index in [0.717, 1.165) is 32.1 Å². The van der Waals surface area contributed by atoms with Gasteiger partial charge in [0.15, 0.2) is 5.88 Å². The minimum absolute atomic E-state index is 0.0641. The maximum atomic E-state index is 14.7. The van der Waals surface area contributed by atoms with Gasteiger partial charge in [-0.1, -0.05) is 80.2 Å². The Morgan fingerprint density at radius 2 is 1.65 bits per heavy atom. The van der Waals surface area contributed by atoms with Crippen LogP contribution >= 0.6 is 0 Å². The third kappa shape index (κ3) is 11.8. The van der Waals surface area contributed by atoms with Crippen LogP contribution in [-0.2, 0) is 23.9 Å². The molecule has 49 heavy (non-hydrogen) atoms. The summed E-state index contributed by atoms with van der Waals surface area (Å²) >= 11 is 0. The molecule has 0 spiro atoms. The van der Waals surface area contributed by atoms with E-state index in [0.29, 0.717) is 31.8 Å². The Hall–Kier alpha value is -3.57. The van der Waals surface area contributed by atoms with Crippen molar-refractivity contribution in [3.63, 3.8) is 0 Å². The summed E-state index contributed by atoms with van der Waals surface area (Å²) in [5.74, 6) is -1.98. The number of Topliss-reactive ketones (excluding diaryl/α,β-unsaturated/α-hetero) is 1. The zero-order chi connectivity index (χ0) is 36.9. The lowest BCUT2D eigenvalue weighted by atomic mass is 9.70. The number of ether oxygens (including phenoxy) is 1. The molecule has 278 valence electrons. The second kappa shape index (κ2) is 19.0. The van der Waals surface area contributed by atoms with Crippen molar-refractivity contribution < 1.29 is 28.7 Å². The van der Waals surface area contributed by atoms with Gasteiger partial charge in [-0.05, 0) is 61.9 Å². The highest BCUT2D eigenvalue weighted by molar-refractivity contribution is 6.38. The lowest BCUT2D eigenvalue weighted by molar-refractivity contribution is -0.145. The fraction of sp³-hybridized carbons (Fsp3) is 0.757. The van der Waals surface area contributed by atoms with Crippen LogP contribution in [0.3, 0.4) is 0 Å². The number of nitrogens with one attached hydrogen (secondary N) is 5. The van der Waals surface area contributed by atoms with Gasteiger partial charge in [0.05, 0.1) is 12.1 Å². The third-order valence-electron chi connectivity index (χ3n) is 10.1. The van der Waals surface area contributed by atoms with E-state index in [2.05, 4.69) is 39.7 Å². The van der Waals surface area contributed by atoms with E-state index in [4.69, 9.17) is 4.74 Å². The van der Waals surface area contributed by atoms with Gasteiger partial charge in [-0.3, -0.25) is 19.2 Å². The molecule has 1 saturated heterocycles. The molecule has 1 heterocycles. The van der Waals surface area contributed by atoms with Crippen molar-refractivity contribution in [1.29, 1.82) is 0 Å². The zero-order valence-electron chi connectivity index (χ0n) is 31.3. The monoisotopic (exact) mass is 688 g/mol. The van der Waals surface area contributed by atoms with Crippen LogP contribution in [0.2, 0.25) is 0 Å². The van der Waals surface area contributed by atoms with Crippen molar-refractivity contribution in [3.05, 3.63) is 25.1 Å². The number of hydrogen-bond acceptors (Lipinski definition) is 7. The van der Waals surface area contributed by atoms with E-state index in [1.807, 2.05) is 55.4 Å². The standard InChI is InChI=1S/C37H64N6O6/c1-11-17-27(30(44)33(46)39-21-12-2)40-32(45)29-26(24(4)5)18-22-43(29)34(47)31(37(10)19-15-14-16-20-37)42-35(48)41-28(36(7,8)9)23-49-25(6)38-13-3/h12,24,26-29,31,38H,2,6,11,13-23H2,1,3-5,7-10H3,(H,39,46)(H,40,45)(H2,41,42,48)/t26-,27?,28-,29?,31-/m1/s1. The Bertz CT molecular complexity index is 1170. The summed E-state index contributed by atoms with van der Waals surface area (Å²) in [4.78, 5) is 69.8. The molecule has 5 amide bonds. The quantitative estimate of drug-likeness (QED) is 0.0822. The first-order valence-corrected chi connectivity index (χ1v) is 18.2. The summed E-state index contributed by atoms with van der Waals surface area (Å²) in [6, 6.07) is -3.65. The van der Waals surface area contributed by atoms with Gasteiger partial charge in [-0.2, -0.15) is 0 Å². The fourth-order valence-electron chi connectivity index (χ4n) is 6.94. The molecular formula is C37H64N6O6. The number of carbonyl (C=O) groups is 5. The normalized spacial score (nSPS) is 20.7. The van der Waals surface area contributed by atoms with Crippen molar-refractivity contribution in [2.45, 2.75) is 131 Å². The molecule has 12 nitrogen and oxygen atoms in total. The molecule has 1 aliphatic heterocycles. The fourth-order valence-corrected chi connectivity index (χ4v) is 6.94. The number of nitrogens with zero attached hydrogens (tertiary/aromatic N) is 1. The van der Waals surface area contributed by atoms with Crippen LogP contribution in [0.25, 0.3) is 0 Å². The SMILES string of the molecule is C=CCNC(=O)C(=O)C(CCC)NC(=O)C1[C@@H](C(C)C)CCN1C(=O)[C@@H](NC(=O)N[C@H](COC(=C)NCC)C(C)(C)C)C1(C)CCCCC1. The summed E-state index contributed by atoms with van der Waals surface area (Å²) in [5, 5.41) is 14.5. The zero-order valence-corrected chi connectivity index (χ0v) is 31.3. The average Bonchev–Trinajstić information content (AvgIpc) is 3.49. The first-order chi connectivity index (χ1) is 23.0. The molecule has 2 rings (SSSR count). The number of rotatable bonds is 18. The van der Waals surface area contributed by atoms with E-state index >= 15 is 0 Å². The number of ketones is 1. The molecule has 5 atom stereocenters. The molecule has 2 unspecified atom stereocenters. The topological polar surface area (TPSA) is 158 Å². The maximum Gasteiger partial charge on any atom is 0.315 e. The highest BCUT2D eigenvalue weighted by Gasteiger charge is 2.50. The van der Waals surface area contributed by atoms with Crippen LogP contribution in [0.15, 0.2) is 25.1 Å². The first kappa shape index (κ1) is 41.6. The Balaban J connectivity index is 2.40. The number of carbonyl (C=O) groups excluding carboxylic acids is 5. The molecule has 0 aromatic rings. The van der Waals surface area contributed by atoms with Crippen LogP contribution in [0, 0.1) is 22.7 Å². The number of hydrogen-bond donors (Lipinski definition) is 5. The summed E-state index contributed by atoms with van der Waals surface area (Å²) in [6.07, 6.45) is 7.35. The summed E-state index contributed by atoms with van der Waals surface area (Å²) in [7, 11) is 0. The Morgan fingerprint density at radius 1 is 1.00 bits per heavy atom. The highest BCUT2D eigenvalue weighted by Crippen LogP contribution is 2.41. The summed E-state index contributed by atoms with van der Waals surface area (Å²) in [6.45, 7) is 24.6. The second-order valence-corrected chi connectivity index (χ2v) is 15.3. The number of likely N-dealkylation sites (tertiary alicyclic amines) is 1. The van der Waals surface area contributed by atoms with Crippen LogP contribution in [0.4, 0.5) is 4.79 Å². The molecule has 1 saturated carbocycles. The lowest BCUT2D eigenvalue weighted by Gasteiger charge is -2.43. The van der Waals surface area contributed by atoms with Gasteiger partial charge in [0.25, 0.3) is 5.91 Å². The minimum atomic E-state index is -1.02. The molecule has 5 N–H and O–H groups in total. The third-order valence-corrected chi connectivity index (χ3v) is 10.1. The van der Waals surface area contributed by atoms with Crippen LogP contribution in [0.1, 0.15) is 107 Å². The van der Waals surface area contributed by atoms with Crippen LogP contribution < -0.4 is 26.6 Å². The molecular weight excluding hydrogens is 624 g/mol. The van der Waals surface area contributed by atoms with Crippen molar-refractivity contribution in [1.82, 2.24) is 31.5 Å². The molecule has 0 aromatic carbocycles. The molecule has 0 aromatic heterocycles. The first-order valence-electron chi connectivity index (χ1n) is 18.2. The van der Waals surface area contributed by atoms with E-state index in [9.17, 15) is 24.0 Å².